The molecular formula is C23H28N2O3. The van der Waals surface area contributed by atoms with Gasteiger partial charge in [0.2, 0.25) is 0 Å². The Morgan fingerprint density at radius 3 is 2.61 bits per heavy atom. The SMILES string of the molecule is COc1cccc2c1C1(CCN(C(=O)c3cccc(N(C)C)c3)CC1)OCC2. The van der Waals surface area contributed by atoms with Crippen molar-refractivity contribution in [2.75, 3.05) is 45.8 Å². The molecule has 0 bridgehead atoms. The van der Waals surface area contributed by atoms with E-state index in [1.54, 1.807) is 7.11 Å². The molecule has 5 nitrogen and oxygen atoms in total. The Morgan fingerprint density at radius 2 is 1.89 bits per heavy atom. The number of amides is 1. The van der Waals surface area contributed by atoms with E-state index in [-0.39, 0.29) is 11.5 Å². The normalized spacial score (nSPS) is 17.9. The average molecular weight is 380 g/mol. The van der Waals surface area contributed by atoms with Gasteiger partial charge >= 0.3 is 0 Å². The van der Waals surface area contributed by atoms with Crippen LogP contribution in [0.5, 0.6) is 5.75 Å². The van der Waals surface area contributed by atoms with Gasteiger partial charge in [0.15, 0.2) is 0 Å². The van der Waals surface area contributed by atoms with Crippen LogP contribution < -0.4 is 9.64 Å². The number of benzene rings is 2. The van der Waals surface area contributed by atoms with Gasteiger partial charge in [0.05, 0.1) is 13.7 Å². The molecule has 2 aliphatic heterocycles. The molecule has 1 spiro atoms. The van der Waals surface area contributed by atoms with Crippen LogP contribution >= 0.6 is 0 Å². The van der Waals surface area contributed by atoms with Crippen LogP contribution in [0.1, 0.15) is 34.3 Å². The topological polar surface area (TPSA) is 42.0 Å². The maximum absolute atomic E-state index is 13.1. The Kier molecular flexibility index (Phi) is 5.02. The molecule has 0 aliphatic carbocycles. The summed E-state index contributed by atoms with van der Waals surface area (Å²) < 4.78 is 12.0. The number of nitrogens with zero attached hydrogens (tertiary/aromatic N) is 2. The second-order valence-electron chi connectivity index (χ2n) is 7.82. The van der Waals surface area contributed by atoms with Crippen molar-refractivity contribution < 1.29 is 14.3 Å². The average Bonchev–Trinajstić information content (AvgIpc) is 2.73. The predicted octanol–water partition coefficient (Wildman–Crippen LogP) is 3.47. The molecule has 28 heavy (non-hydrogen) atoms. The molecule has 2 aliphatic rings. The summed E-state index contributed by atoms with van der Waals surface area (Å²) in [5.41, 5.74) is 3.93. The molecule has 0 radical (unpaired) electrons. The molecule has 4 rings (SSSR count). The van der Waals surface area contributed by atoms with Crippen molar-refractivity contribution in [2.45, 2.75) is 24.9 Å². The van der Waals surface area contributed by atoms with E-state index in [4.69, 9.17) is 9.47 Å². The lowest BCUT2D eigenvalue weighted by molar-refractivity contribution is -0.0946. The third-order valence-electron chi connectivity index (χ3n) is 6.01. The predicted molar refractivity (Wildman–Crippen MR) is 110 cm³/mol. The van der Waals surface area contributed by atoms with Gasteiger partial charge in [-0.25, -0.2) is 0 Å². The zero-order chi connectivity index (χ0) is 19.7. The quantitative estimate of drug-likeness (QED) is 0.818. The van der Waals surface area contributed by atoms with Gasteiger partial charge in [0.25, 0.3) is 5.91 Å². The fourth-order valence-electron chi connectivity index (χ4n) is 4.47. The highest BCUT2D eigenvalue weighted by Gasteiger charge is 2.43. The van der Waals surface area contributed by atoms with Crippen molar-refractivity contribution in [1.82, 2.24) is 4.90 Å². The molecule has 2 aromatic rings. The third-order valence-corrected chi connectivity index (χ3v) is 6.01. The largest absolute Gasteiger partial charge is 0.496 e. The van der Waals surface area contributed by atoms with Crippen LogP contribution in [-0.2, 0) is 16.8 Å². The van der Waals surface area contributed by atoms with Gasteiger partial charge in [-0.3, -0.25) is 4.79 Å². The first-order chi connectivity index (χ1) is 13.5. The zero-order valence-electron chi connectivity index (χ0n) is 16.9. The highest BCUT2D eigenvalue weighted by Crippen LogP contribution is 2.45. The van der Waals surface area contributed by atoms with Gasteiger partial charge in [0, 0.05) is 44.0 Å². The summed E-state index contributed by atoms with van der Waals surface area (Å²) in [6.07, 6.45) is 2.49. The van der Waals surface area contributed by atoms with Crippen molar-refractivity contribution in [3.63, 3.8) is 0 Å². The van der Waals surface area contributed by atoms with Gasteiger partial charge in [0.1, 0.15) is 11.4 Å². The van der Waals surface area contributed by atoms with Crippen molar-refractivity contribution in [3.05, 3.63) is 59.2 Å². The number of ether oxygens (including phenoxy) is 2. The zero-order valence-corrected chi connectivity index (χ0v) is 16.9. The molecule has 2 heterocycles. The first kappa shape index (κ1) is 18.8. The number of hydrogen-bond acceptors (Lipinski definition) is 4. The van der Waals surface area contributed by atoms with Crippen LogP contribution in [0.25, 0.3) is 0 Å². The van der Waals surface area contributed by atoms with E-state index >= 15 is 0 Å². The Labute approximate surface area is 166 Å². The summed E-state index contributed by atoms with van der Waals surface area (Å²) in [7, 11) is 5.69. The number of hydrogen-bond donors (Lipinski definition) is 0. The molecule has 2 aromatic carbocycles. The number of fused-ring (bicyclic) bond motifs is 2. The van der Waals surface area contributed by atoms with Crippen molar-refractivity contribution in [2.24, 2.45) is 0 Å². The van der Waals surface area contributed by atoms with Gasteiger partial charge in [-0.1, -0.05) is 18.2 Å². The minimum absolute atomic E-state index is 0.0922. The Bertz CT molecular complexity index is 856. The lowest BCUT2D eigenvalue weighted by Gasteiger charge is -2.45. The van der Waals surface area contributed by atoms with E-state index in [0.29, 0.717) is 13.1 Å². The second kappa shape index (κ2) is 7.47. The fourth-order valence-corrected chi connectivity index (χ4v) is 4.47. The first-order valence-electron chi connectivity index (χ1n) is 9.91. The Hall–Kier alpha value is -2.53. The lowest BCUT2D eigenvalue weighted by atomic mass is 9.78. The molecule has 0 atom stereocenters. The Balaban J connectivity index is 1.55. The smallest absolute Gasteiger partial charge is 0.253 e. The number of likely N-dealkylation sites (tertiary alicyclic amines) is 1. The van der Waals surface area contributed by atoms with Crippen LogP contribution in [0.3, 0.4) is 0 Å². The van der Waals surface area contributed by atoms with Crippen LogP contribution in [-0.4, -0.2) is 51.7 Å². The number of carbonyl (C=O) groups excluding carboxylic acids is 1. The van der Waals surface area contributed by atoms with Crippen LogP contribution in [0.4, 0.5) is 5.69 Å². The molecular weight excluding hydrogens is 352 g/mol. The number of anilines is 1. The minimum Gasteiger partial charge on any atom is -0.496 e. The van der Waals surface area contributed by atoms with E-state index < -0.39 is 0 Å². The van der Waals surface area contributed by atoms with Gasteiger partial charge in [-0.15, -0.1) is 0 Å². The highest BCUT2D eigenvalue weighted by molar-refractivity contribution is 5.95. The molecule has 0 unspecified atom stereocenters. The molecule has 1 amide bonds. The standard InChI is InChI=1S/C23H28N2O3/c1-24(2)19-8-4-7-18(16-19)22(26)25-13-11-23(12-14-25)21-17(10-15-28-23)6-5-9-20(21)27-3/h4-9,16H,10-15H2,1-3H3. The second-order valence-corrected chi connectivity index (χ2v) is 7.82. The van der Waals surface area contributed by atoms with Crippen LogP contribution in [0, 0.1) is 0 Å². The summed E-state index contributed by atoms with van der Waals surface area (Å²) in [5.74, 6) is 0.991. The first-order valence-corrected chi connectivity index (χ1v) is 9.91. The molecule has 5 heteroatoms. The van der Waals surface area contributed by atoms with Crippen LogP contribution in [0.15, 0.2) is 42.5 Å². The lowest BCUT2D eigenvalue weighted by Crippen LogP contribution is -2.48. The van der Waals surface area contributed by atoms with Gasteiger partial charge in [-0.2, -0.15) is 0 Å². The number of carbonyl (C=O) groups is 1. The summed E-state index contributed by atoms with van der Waals surface area (Å²) in [4.78, 5) is 17.0. The van der Waals surface area contributed by atoms with E-state index in [9.17, 15) is 4.79 Å². The van der Waals surface area contributed by atoms with Crippen molar-refractivity contribution in [3.8, 4) is 5.75 Å². The molecule has 1 fully saturated rings. The fraction of sp³-hybridized carbons (Fsp3) is 0.435. The number of piperidine rings is 1. The van der Waals surface area contributed by atoms with Crippen molar-refractivity contribution in [1.29, 1.82) is 0 Å². The van der Waals surface area contributed by atoms with Crippen LogP contribution in [0.2, 0.25) is 0 Å². The summed E-state index contributed by atoms with van der Waals surface area (Å²) >= 11 is 0. The third kappa shape index (κ3) is 3.24. The Morgan fingerprint density at radius 1 is 1.14 bits per heavy atom. The van der Waals surface area contributed by atoms with Crippen molar-refractivity contribution >= 4 is 11.6 Å². The van der Waals surface area contributed by atoms with Gasteiger partial charge in [-0.05, 0) is 49.1 Å². The molecule has 0 N–H and O–H groups in total. The molecule has 0 aromatic heterocycles. The monoisotopic (exact) mass is 380 g/mol. The molecule has 148 valence electrons. The van der Waals surface area contributed by atoms with E-state index in [1.807, 2.05) is 60.3 Å². The number of methoxy groups -OCH3 is 1. The maximum atomic E-state index is 13.1. The molecule has 1 saturated heterocycles. The highest BCUT2D eigenvalue weighted by atomic mass is 16.5. The summed E-state index contributed by atoms with van der Waals surface area (Å²) in [6, 6.07) is 14.1. The maximum Gasteiger partial charge on any atom is 0.253 e. The van der Waals surface area contributed by atoms with Gasteiger partial charge < -0.3 is 19.3 Å². The van der Waals surface area contributed by atoms with E-state index in [2.05, 4.69) is 6.07 Å². The van der Waals surface area contributed by atoms with E-state index in [0.717, 1.165) is 42.9 Å². The summed E-state index contributed by atoms with van der Waals surface area (Å²) in [5, 5.41) is 0. The minimum atomic E-state index is -0.345. The number of rotatable bonds is 3. The summed E-state index contributed by atoms with van der Waals surface area (Å²) in [6.45, 7) is 2.09. The molecule has 0 saturated carbocycles. The van der Waals surface area contributed by atoms with E-state index in [1.165, 1.54) is 11.1 Å².